The Balaban J connectivity index is 1.50. The summed E-state index contributed by atoms with van der Waals surface area (Å²) in [4.78, 5) is 28.5. The molecule has 0 spiro atoms. The quantitative estimate of drug-likeness (QED) is 0.436. The van der Waals surface area contributed by atoms with Crippen LogP contribution in [-0.4, -0.2) is 40.8 Å². The summed E-state index contributed by atoms with van der Waals surface area (Å²) >= 11 is 0. The molecule has 1 aromatic carbocycles. The zero-order valence-corrected chi connectivity index (χ0v) is 15.9. The Hall–Kier alpha value is -4.91. The summed E-state index contributed by atoms with van der Waals surface area (Å²) in [5, 5.41) is 14.9. The van der Waals surface area contributed by atoms with Gasteiger partial charge in [-0.2, -0.15) is 4.68 Å². The van der Waals surface area contributed by atoms with E-state index < -0.39 is 5.91 Å². The van der Waals surface area contributed by atoms with Crippen molar-refractivity contribution < 1.29 is 4.79 Å². The number of rotatable bonds is 4. The lowest BCUT2D eigenvalue weighted by Gasteiger charge is -2.09. The molecule has 4 aromatic heterocycles. The third kappa shape index (κ3) is 3.47. The van der Waals surface area contributed by atoms with Crippen molar-refractivity contribution in [1.82, 2.24) is 34.9 Å². The number of benzene rings is 1. The molecule has 0 fully saturated rings. The van der Waals surface area contributed by atoms with Crippen LogP contribution >= 0.6 is 0 Å². The first kappa shape index (κ1) is 18.1. The number of hydrogen-bond donors (Lipinski definition) is 2. The summed E-state index contributed by atoms with van der Waals surface area (Å²) < 4.78 is 1.67. The molecule has 0 aliphatic rings. The first-order valence-electron chi connectivity index (χ1n) is 9.13. The SMILES string of the molecule is C#CC(=O)Nc1cc2c(Nc3ccc4c(c3)nnn4-c3ccccn3)ncnc2cn1. The van der Waals surface area contributed by atoms with E-state index in [1.807, 2.05) is 42.3 Å². The van der Waals surface area contributed by atoms with Gasteiger partial charge in [-0.25, -0.2) is 19.9 Å². The number of nitrogens with one attached hydrogen (secondary N) is 2. The van der Waals surface area contributed by atoms with Crippen molar-refractivity contribution in [2.24, 2.45) is 0 Å². The van der Waals surface area contributed by atoms with E-state index in [1.165, 1.54) is 12.5 Å². The highest BCUT2D eigenvalue weighted by Gasteiger charge is 2.11. The summed E-state index contributed by atoms with van der Waals surface area (Å²) in [5.74, 6) is 2.94. The van der Waals surface area contributed by atoms with E-state index in [1.54, 1.807) is 16.9 Å². The van der Waals surface area contributed by atoms with Crippen molar-refractivity contribution in [1.29, 1.82) is 0 Å². The Bertz CT molecular complexity index is 1470. The van der Waals surface area contributed by atoms with Crippen LogP contribution in [0.2, 0.25) is 0 Å². The molecule has 0 aliphatic heterocycles. The molecule has 0 atom stereocenters. The number of aromatic nitrogens is 7. The molecule has 0 bridgehead atoms. The molecule has 0 radical (unpaired) electrons. The van der Waals surface area contributed by atoms with E-state index >= 15 is 0 Å². The molecule has 5 aromatic rings. The predicted molar refractivity (Wildman–Crippen MR) is 115 cm³/mol. The number of nitrogens with zero attached hydrogens (tertiary/aromatic N) is 7. The maximum Gasteiger partial charge on any atom is 0.301 e. The second kappa shape index (κ2) is 7.49. The number of amides is 1. The van der Waals surface area contributed by atoms with Gasteiger partial charge in [0.25, 0.3) is 0 Å². The van der Waals surface area contributed by atoms with E-state index in [0.717, 1.165) is 11.2 Å². The van der Waals surface area contributed by atoms with Gasteiger partial charge in [0.2, 0.25) is 0 Å². The van der Waals surface area contributed by atoms with Gasteiger partial charge in [-0.05, 0) is 42.3 Å². The minimum Gasteiger partial charge on any atom is -0.340 e. The summed E-state index contributed by atoms with van der Waals surface area (Å²) in [6, 6.07) is 12.9. The highest BCUT2D eigenvalue weighted by atomic mass is 16.1. The van der Waals surface area contributed by atoms with Crippen LogP contribution in [0.1, 0.15) is 0 Å². The fraction of sp³-hybridized carbons (Fsp3) is 0. The molecule has 31 heavy (non-hydrogen) atoms. The normalized spacial score (nSPS) is 10.7. The van der Waals surface area contributed by atoms with Crippen molar-refractivity contribution in [3.05, 3.63) is 61.2 Å². The van der Waals surface area contributed by atoms with Crippen LogP contribution in [0.15, 0.2) is 61.2 Å². The number of pyridine rings is 2. The van der Waals surface area contributed by atoms with Crippen molar-refractivity contribution in [3.8, 4) is 18.2 Å². The van der Waals surface area contributed by atoms with E-state index in [-0.39, 0.29) is 0 Å². The molecule has 4 heterocycles. The molecule has 0 saturated carbocycles. The molecule has 0 unspecified atom stereocenters. The van der Waals surface area contributed by atoms with Crippen LogP contribution in [0, 0.1) is 12.3 Å². The molecular weight excluding hydrogens is 394 g/mol. The maximum atomic E-state index is 11.5. The van der Waals surface area contributed by atoms with Gasteiger partial charge in [0.15, 0.2) is 5.82 Å². The van der Waals surface area contributed by atoms with Gasteiger partial charge in [-0.1, -0.05) is 11.3 Å². The first-order valence-corrected chi connectivity index (χ1v) is 9.13. The van der Waals surface area contributed by atoms with Crippen molar-refractivity contribution >= 4 is 45.2 Å². The third-order valence-corrected chi connectivity index (χ3v) is 4.47. The lowest BCUT2D eigenvalue weighted by molar-refractivity contribution is -0.111. The van der Waals surface area contributed by atoms with Crippen molar-refractivity contribution in [2.45, 2.75) is 0 Å². The second-order valence-corrected chi connectivity index (χ2v) is 6.43. The minimum absolute atomic E-state index is 0.307. The van der Waals surface area contributed by atoms with Gasteiger partial charge < -0.3 is 5.32 Å². The summed E-state index contributed by atoms with van der Waals surface area (Å²) in [5.41, 5.74) is 2.88. The van der Waals surface area contributed by atoms with Gasteiger partial charge in [0, 0.05) is 17.3 Å². The van der Waals surface area contributed by atoms with E-state index in [9.17, 15) is 4.79 Å². The van der Waals surface area contributed by atoms with Crippen molar-refractivity contribution in [2.75, 3.05) is 10.6 Å². The summed E-state index contributed by atoms with van der Waals surface area (Å²) in [6.07, 6.45) is 9.78. The monoisotopic (exact) mass is 407 g/mol. The molecular formula is C21H13N9O. The number of fused-ring (bicyclic) bond motifs is 2. The zero-order chi connectivity index (χ0) is 21.2. The standard InChI is InChI=1S/C21H13N9O/c1-2-20(31)27-18-10-14-16(11-23-18)24-12-25-21(14)26-13-6-7-17-15(9-13)28-29-30(17)19-5-3-4-8-22-19/h1,3-12H,(H,23,27,31)(H,24,25,26). The van der Waals surface area contributed by atoms with Crippen LogP contribution < -0.4 is 10.6 Å². The Labute approximate surface area is 175 Å². The maximum absolute atomic E-state index is 11.5. The first-order chi connectivity index (χ1) is 15.2. The molecule has 2 N–H and O–H groups in total. The van der Waals surface area contributed by atoms with Gasteiger partial charge in [-0.15, -0.1) is 11.5 Å². The fourth-order valence-corrected chi connectivity index (χ4v) is 3.07. The number of hydrogen-bond acceptors (Lipinski definition) is 8. The van der Waals surface area contributed by atoms with Crippen LogP contribution in [-0.2, 0) is 4.79 Å². The van der Waals surface area contributed by atoms with Gasteiger partial charge >= 0.3 is 5.91 Å². The van der Waals surface area contributed by atoms with Crippen LogP contribution in [0.4, 0.5) is 17.3 Å². The average Bonchev–Trinajstić information content (AvgIpc) is 3.23. The zero-order valence-electron chi connectivity index (χ0n) is 15.9. The minimum atomic E-state index is -0.584. The highest BCUT2D eigenvalue weighted by Crippen LogP contribution is 2.26. The average molecular weight is 407 g/mol. The summed E-state index contributed by atoms with van der Waals surface area (Å²) in [7, 11) is 0. The summed E-state index contributed by atoms with van der Waals surface area (Å²) in [6.45, 7) is 0. The second-order valence-electron chi connectivity index (χ2n) is 6.43. The van der Waals surface area contributed by atoms with Crippen LogP contribution in [0.5, 0.6) is 0 Å². The number of carbonyl (C=O) groups is 1. The number of anilines is 3. The van der Waals surface area contributed by atoms with Gasteiger partial charge in [0.1, 0.15) is 23.5 Å². The topological polar surface area (TPSA) is 123 Å². The molecule has 10 heteroatoms. The van der Waals surface area contributed by atoms with Gasteiger partial charge in [0.05, 0.1) is 17.2 Å². The molecule has 148 valence electrons. The Morgan fingerprint density at radius 3 is 2.81 bits per heavy atom. The molecule has 10 nitrogen and oxygen atoms in total. The number of carbonyl (C=O) groups excluding carboxylic acids is 1. The number of terminal acetylenes is 1. The van der Waals surface area contributed by atoms with Crippen LogP contribution in [0.25, 0.3) is 27.8 Å². The molecule has 0 saturated heterocycles. The van der Waals surface area contributed by atoms with E-state index in [2.05, 4.69) is 40.9 Å². The van der Waals surface area contributed by atoms with Crippen molar-refractivity contribution in [3.63, 3.8) is 0 Å². The lowest BCUT2D eigenvalue weighted by Crippen LogP contribution is -2.09. The Morgan fingerprint density at radius 1 is 1.03 bits per heavy atom. The third-order valence-electron chi connectivity index (χ3n) is 4.47. The molecule has 5 rings (SSSR count). The van der Waals surface area contributed by atoms with E-state index in [0.29, 0.717) is 33.9 Å². The van der Waals surface area contributed by atoms with Crippen LogP contribution in [0.3, 0.4) is 0 Å². The van der Waals surface area contributed by atoms with E-state index in [4.69, 9.17) is 6.42 Å². The molecule has 1 amide bonds. The lowest BCUT2D eigenvalue weighted by atomic mass is 10.2. The van der Waals surface area contributed by atoms with Gasteiger partial charge in [-0.3, -0.25) is 10.1 Å². The Kier molecular flexibility index (Phi) is 4.38. The largest absolute Gasteiger partial charge is 0.340 e. The fourth-order valence-electron chi connectivity index (χ4n) is 3.07. The highest BCUT2D eigenvalue weighted by molar-refractivity contribution is 6.04. The predicted octanol–water partition coefficient (Wildman–Crippen LogP) is 2.47. The molecule has 0 aliphatic carbocycles. The smallest absolute Gasteiger partial charge is 0.301 e. The Morgan fingerprint density at radius 2 is 1.97 bits per heavy atom.